The molecule has 0 aromatic heterocycles. The lowest BCUT2D eigenvalue weighted by molar-refractivity contribution is -0.147. The van der Waals surface area contributed by atoms with Gasteiger partial charge in [0.05, 0.1) is 12.5 Å². The molecule has 1 heterocycles. The maximum atomic E-state index is 12.0. The summed E-state index contributed by atoms with van der Waals surface area (Å²) in [6.07, 6.45) is 1.54. The minimum absolute atomic E-state index is 0.150. The van der Waals surface area contributed by atoms with Crippen LogP contribution in [0.15, 0.2) is 24.3 Å². The molecule has 1 aliphatic rings. The van der Waals surface area contributed by atoms with Crippen molar-refractivity contribution in [1.29, 1.82) is 0 Å². The van der Waals surface area contributed by atoms with Crippen LogP contribution in [0.5, 0.6) is 0 Å². The molecule has 0 radical (unpaired) electrons. The number of carbonyl (C=O) groups excluding carboxylic acids is 3. The second-order valence-corrected chi connectivity index (χ2v) is 6.16. The van der Waals surface area contributed by atoms with Crippen LogP contribution in [0.3, 0.4) is 0 Å². The van der Waals surface area contributed by atoms with E-state index in [1.165, 1.54) is 0 Å². The van der Waals surface area contributed by atoms with Gasteiger partial charge in [-0.25, -0.2) is 0 Å². The molecule has 0 saturated carbocycles. The molecule has 0 bridgehead atoms. The molecule has 1 fully saturated rings. The van der Waals surface area contributed by atoms with Gasteiger partial charge in [0.2, 0.25) is 5.91 Å². The Kier molecular flexibility index (Phi) is 6.35. The Morgan fingerprint density at radius 3 is 2.54 bits per heavy atom. The number of rotatable bonds is 7. The maximum absolute atomic E-state index is 12.0. The number of likely N-dealkylation sites (tertiary alicyclic amines) is 1. The van der Waals surface area contributed by atoms with Crippen molar-refractivity contribution in [2.75, 3.05) is 13.1 Å². The molecule has 1 saturated heterocycles. The standard InChI is InChI=1S/C18H24N2O4/c1-13(2)24-17(22)9-10-19-18(23)15-7-5-14(6-8-15)12-20-11-3-4-16(20)21/h5-8,13H,3-4,9-12H2,1-2H3,(H,19,23). The molecule has 1 aromatic rings. The zero-order valence-electron chi connectivity index (χ0n) is 14.2. The van der Waals surface area contributed by atoms with Gasteiger partial charge in [-0.05, 0) is 38.0 Å². The third kappa shape index (κ3) is 5.37. The van der Waals surface area contributed by atoms with Crippen LogP contribution in [0.4, 0.5) is 0 Å². The fraction of sp³-hybridized carbons (Fsp3) is 0.500. The lowest BCUT2D eigenvalue weighted by atomic mass is 10.1. The summed E-state index contributed by atoms with van der Waals surface area (Å²) < 4.78 is 5.00. The van der Waals surface area contributed by atoms with E-state index in [0.717, 1.165) is 18.5 Å². The molecule has 2 amide bonds. The summed E-state index contributed by atoms with van der Waals surface area (Å²) in [5.41, 5.74) is 1.53. The number of amides is 2. The zero-order chi connectivity index (χ0) is 17.5. The van der Waals surface area contributed by atoms with Gasteiger partial charge in [-0.3, -0.25) is 14.4 Å². The van der Waals surface area contributed by atoms with Gasteiger partial charge in [0.1, 0.15) is 0 Å². The van der Waals surface area contributed by atoms with Gasteiger partial charge in [-0.15, -0.1) is 0 Å². The van der Waals surface area contributed by atoms with Gasteiger partial charge in [0.15, 0.2) is 0 Å². The fourth-order valence-corrected chi connectivity index (χ4v) is 2.56. The molecule has 1 aromatic carbocycles. The fourth-order valence-electron chi connectivity index (χ4n) is 2.56. The quantitative estimate of drug-likeness (QED) is 0.774. The summed E-state index contributed by atoms with van der Waals surface area (Å²) in [7, 11) is 0. The highest BCUT2D eigenvalue weighted by Crippen LogP contribution is 2.14. The van der Waals surface area contributed by atoms with Gasteiger partial charge in [0.25, 0.3) is 5.91 Å². The van der Waals surface area contributed by atoms with Crippen molar-refractivity contribution in [1.82, 2.24) is 10.2 Å². The molecule has 0 spiro atoms. The Morgan fingerprint density at radius 2 is 1.96 bits per heavy atom. The third-order valence-corrected chi connectivity index (χ3v) is 3.74. The average molecular weight is 332 g/mol. The van der Waals surface area contributed by atoms with Crippen molar-refractivity contribution in [3.63, 3.8) is 0 Å². The first-order valence-corrected chi connectivity index (χ1v) is 8.30. The summed E-state index contributed by atoms with van der Waals surface area (Å²) in [5, 5.41) is 2.70. The zero-order valence-corrected chi connectivity index (χ0v) is 14.2. The van der Waals surface area contributed by atoms with Crippen molar-refractivity contribution in [2.45, 2.75) is 45.8 Å². The van der Waals surface area contributed by atoms with Crippen molar-refractivity contribution in [3.05, 3.63) is 35.4 Å². The second kappa shape index (κ2) is 8.47. The lowest BCUT2D eigenvalue weighted by Gasteiger charge is -2.15. The average Bonchev–Trinajstić information content (AvgIpc) is 2.92. The van der Waals surface area contributed by atoms with E-state index in [0.29, 0.717) is 18.5 Å². The predicted molar refractivity (Wildman–Crippen MR) is 89.3 cm³/mol. The number of hydrogen-bond acceptors (Lipinski definition) is 4. The number of nitrogens with one attached hydrogen (secondary N) is 1. The number of hydrogen-bond donors (Lipinski definition) is 1. The molecule has 1 aliphatic heterocycles. The van der Waals surface area contributed by atoms with Gasteiger partial charge in [-0.2, -0.15) is 0 Å². The monoisotopic (exact) mass is 332 g/mol. The normalized spacial score (nSPS) is 14.1. The molecule has 2 rings (SSSR count). The summed E-state index contributed by atoms with van der Waals surface area (Å²) in [6.45, 7) is 5.20. The minimum atomic E-state index is -0.323. The molecule has 24 heavy (non-hydrogen) atoms. The molecule has 0 atom stereocenters. The topological polar surface area (TPSA) is 75.7 Å². The van der Waals surface area contributed by atoms with E-state index < -0.39 is 0 Å². The molecule has 130 valence electrons. The van der Waals surface area contributed by atoms with Crippen LogP contribution in [0.1, 0.15) is 49.0 Å². The molecule has 1 N–H and O–H groups in total. The van der Waals surface area contributed by atoms with E-state index in [4.69, 9.17) is 4.74 Å². The highest BCUT2D eigenvalue weighted by atomic mass is 16.5. The molecular weight excluding hydrogens is 308 g/mol. The maximum Gasteiger partial charge on any atom is 0.307 e. The minimum Gasteiger partial charge on any atom is -0.463 e. The summed E-state index contributed by atoms with van der Waals surface area (Å²) in [4.78, 5) is 36.9. The van der Waals surface area contributed by atoms with Crippen LogP contribution in [0.25, 0.3) is 0 Å². The van der Waals surface area contributed by atoms with E-state index in [9.17, 15) is 14.4 Å². The van der Waals surface area contributed by atoms with Gasteiger partial charge in [-0.1, -0.05) is 12.1 Å². The summed E-state index contributed by atoms with van der Waals surface area (Å²) in [5.74, 6) is -0.364. The smallest absolute Gasteiger partial charge is 0.307 e. The van der Waals surface area contributed by atoms with Gasteiger partial charge in [0, 0.05) is 31.6 Å². The Hall–Kier alpha value is -2.37. The Balaban J connectivity index is 1.78. The number of carbonyl (C=O) groups is 3. The first-order valence-electron chi connectivity index (χ1n) is 8.30. The third-order valence-electron chi connectivity index (χ3n) is 3.74. The van der Waals surface area contributed by atoms with Crippen molar-refractivity contribution < 1.29 is 19.1 Å². The number of nitrogens with zero attached hydrogens (tertiary/aromatic N) is 1. The van der Waals surface area contributed by atoms with Gasteiger partial charge < -0.3 is 15.0 Å². The number of ether oxygens (including phenoxy) is 1. The highest BCUT2D eigenvalue weighted by molar-refractivity contribution is 5.94. The Labute approximate surface area is 142 Å². The molecule has 6 nitrogen and oxygen atoms in total. The van der Waals surface area contributed by atoms with Crippen molar-refractivity contribution in [3.8, 4) is 0 Å². The molecule has 6 heteroatoms. The first-order chi connectivity index (χ1) is 11.5. The van der Waals surface area contributed by atoms with E-state index in [-0.39, 0.29) is 36.9 Å². The number of esters is 1. The molecular formula is C18H24N2O4. The van der Waals surface area contributed by atoms with E-state index in [1.54, 1.807) is 26.0 Å². The van der Waals surface area contributed by atoms with Crippen molar-refractivity contribution in [2.24, 2.45) is 0 Å². The van der Waals surface area contributed by atoms with Gasteiger partial charge >= 0.3 is 5.97 Å². The Bertz CT molecular complexity index is 596. The SMILES string of the molecule is CC(C)OC(=O)CCNC(=O)c1ccc(CN2CCCC2=O)cc1. The van der Waals surface area contributed by atoms with E-state index in [2.05, 4.69) is 5.32 Å². The second-order valence-electron chi connectivity index (χ2n) is 6.16. The molecule has 0 aliphatic carbocycles. The highest BCUT2D eigenvalue weighted by Gasteiger charge is 2.20. The first kappa shape index (κ1) is 18.0. The van der Waals surface area contributed by atoms with E-state index >= 15 is 0 Å². The van der Waals surface area contributed by atoms with E-state index in [1.807, 2.05) is 17.0 Å². The van der Waals surface area contributed by atoms with Crippen LogP contribution in [0, 0.1) is 0 Å². The van der Waals surface area contributed by atoms with Crippen molar-refractivity contribution >= 4 is 17.8 Å². The molecule has 0 unspecified atom stereocenters. The summed E-state index contributed by atoms with van der Waals surface area (Å²) >= 11 is 0. The predicted octanol–water partition coefficient (Wildman–Crippen LogP) is 1.88. The Morgan fingerprint density at radius 1 is 1.25 bits per heavy atom. The van der Waals surface area contributed by atoms with Crippen LogP contribution >= 0.6 is 0 Å². The lowest BCUT2D eigenvalue weighted by Crippen LogP contribution is -2.27. The van der Waals surface area contributed by atoms with Crippen LogP contribution in [-0.4, -0.2) is 41.9 Å². The van der Waals surface area contributed by atoms with Crippen LogP contribution in [0.2, 0.25) is 0 Å². The summed E-state index contributed by atoms with van der Waals surface area (Å²) in [6, 6.07) is 7.18. The van der Waals surface area contributed by atoms with Crippen LogP contribution < -0.4 is 5.32 Å². The largest absolute Gasteiger partial charge is 0.463 e. The van der Waals surface area contributed by atoms with Crippen LogP contribution in [-0.2, 0) is 20.9 Å². The number of benzene rings is 1.